The highest BCUT2D eigenvalue weighted by Gasteiger charge is 2.15. The van der Waals surface area contributed by atoms with Crippen LogP contribution in [0.3, 0.4) is 0 Å². The van der Waals surface area contributed by atoms with Gasteiger partial charge in [-0.05, 0) is 36.4 Å². The molecule has 4 N–H and O–H groups in total. The van der Waals surface area contributed by atoms with Crippen LogP contribution in [-0.4, -0.2) is 23.0 Å². The summed E-state index contributed by atoms with van der Waals surface area (Å²) < 4.78 is 11.3. The number of carbonyl (C=O) groups is 1. The fraction of sp³-hybridized carbons (Fsp3) is 0.0800. The van der Waals surface area contributed by atoms with Crippen LogP contribution >= 0.6 is 11.6 Å². The van der Waals surface area contributed by atoms with E-state index in [2.05, 4.69) is 27.2 Å². The number of hydrogen-bond donors (Lipinski definition) is 3. The van der Waals surface area contributed by atoms with Gasteiger partial charge in [0.05, 0.1) is 47.0 Å². The van der Waals surface area contributed by atoms with E-state index < -0.39 is 5.91 Å². The Morgan fingerprint density at radius 2 is 1.94 bits per heavy atom. The van der Waals surface area contributed by atoms with E-state index in [4.69, 9.17) is 26.8 Å². The Bertz CT molecular complexity index is 1360. The zero-order chi connectivity index (χ0) is 24.1. The first-order chi connectivity index (χ1) is 16.4. The number of carbonyl (C=O) groups excluding carboxylic acids is 1. The second-order valence-electron chi connectivity index (χ2n) is 7.26. The van der Waals surface area contributed by atoms with Crippen molar-refractivity contribution in [3.63, 3.8) is 0 Å². The largest absolute Gasteiger partial charge is 0.496 e. The number of fused-ring (bicyclic) bond motifs is 1. The standard InChI is InChI=1S/C25H22ClN5O3/c1-15(30-14-16-5-3-4-9-28-16)31-21-7-6-17(11-20(21)26)34-23-8-10-29-22-13-24(33-2)19(25(27)32)12-18(22)23/h3-13,30-31H,1,14H2,2H3,(H2,27,32). The molecule has 0 bridgehead atoms. The molecule has 2 aromatic heterocycles. The number of nitrogens with one attached hydrogen (secondary N) is 2. The Balaban J connectivity index is 1.50. The molecule has 0 radical (unpaired) electrons. The van der Waals surface area contributed by atoms with Crippen molar-refractivity contribution in [3.05, 3.63) is 95.7 Å². The normalized spacial score (nSPS) is 10.5. The molecule has 4 rings (SSSR count). The van der Waals surface area contributed by atoms with Crippen molar-refractivity contribution in [1.82, 2.24) is 15.3 Å². The number of hydrogen-bond acceptors (Lipinski definition) is 7. The number of aromatic nitrogens is 2. The highest BCUT2D eigenvalue weighted by Crippen LogP contribution is 2.35. The molecule has 0 atom stereocenters. The predicted octanol–water partition coefficient (Wildman–Crippen LogP) is 4.86. The SMILES string of the molecule is C=C(NCc1ccccn1)Nc1ccc(Oc2ccnc3cc(OC)c(C(N)=O)cc23)cc1Cl. The molecular formula is C25H22ClN5O3. The minimum absolute atomic E-state index is 0.238. The maximum absolute atomic E-state index is 11.8. The van der Waals surface area contributed by atoms with E-state index in [1.54, 1.807) is 48.8 Å². The molecule has 0 saturated carbocycles. The summed E-state index contributed by atoms with van der Waals surface area (Å²) in [6, 6.07) is 15.9. The van der Waals surface area contributed by atoms with E-state index in [-0.39, 0.29) is 5.56 Å². The second kappa shape index (κ2) is 10.1. The van der Waals surface area contributed by atoms with Crippen molar-refractivity contribution in [3.8, 4) is 17.2 Å². The number of primary amides is 1. The van der Waals surface area contributed by atoms with E-state index in [0.29, 0.717) is 51.2 Å². The van der Waals surface area contributed by atoms with Gasteiger partial charge in [-0.2, -0.15) is 0 Å². The van der Waals surface area contributed by atoms with Crippen LogP contribution < -0.4 is 25.8 Å². The highest BCUT2D eigenvalue weighted by atomic mass is 35.5. The first kappa shape index (κ1) is 22.9. The summed E-state index contributed by atoms with van der Waals surface area (Å²) in [7, 11) is 1.47. The maximum atomic E-state index is 11.8. The zero-order valence-corrected chi connectivity index (χ0v) is 19.1. The van der Waals surface area contributed by atoms with Gasteiger partial charge < -0.3 is 25.8 Å². The number of benzene rings is 2. The van der Waals surface area contributed by atoms with Crippen LogP contribution in [0.25, 0.3) is 10.9 Å². The first-order valence-electron chi connectivity index (χ1n) is 10.3. The van der Waals surface area contributed by atoms with E-state index in [9.17, 15) is 4.79 Å². The van der Waals surface area contributed by atoms with Crippen LogP contribution in [-0.2, 0) is 6.54 Å². The molecule has 4 aromatic rings. The molecule has 9 heteroatoms. The second-order valence-corrected chi connectivity index (χ2v) is 7.67. The molecule has 172 valence electrons. The molecule has 2 heterocycles. The van der Waals surface area contributed by atoms with Gasteiger partial charge in [0.2, 0.25) is 0 Å². The fourth-order valence-electron chi connectivity index (χ4n) is 3.29. The topological polar surface area (TPSA) is 111 Å². The summed E-state index contributed by atoms with van der Waals surface area (Å²) in [6.45, 7) is 4.50. The average Bonchev–Trinajstić information content (AvgIpc) is 2.84. The van der Waals surface area contributed by atoms with Crippen molar-refractivity contribution in [1.29, 1.82) is 0 Å². The minimum atomic E-state index is -0.607. The zero-order valence-electron chi connectivity index (χ0n) is 18.3. The van der Waals surface area contributed by atoms with Gasteiger partial charge in [0.25, 0.3) is 5.91 Å². The van der Waals surface area contributed by atoms with E-state index in [0.717, 1.165) is 5.69 Å². The third kappa shape index (κ3) is 5.19. The summed E-state index contributed by atoms with van der Waals surface area (Å²) in [5.74, 6) is 1.32. The van der Waals surface area contributed by atoms with Gasteiger partial charge in [0, 0.05) is 29.9 Å². The smallest absolute Gasteiger partial charge is 0.252 e. The Kier molecular flexibility index (Phi) is 6.79. The minimum Gasteiger partial charge on any atom is -0.496 e. The summed E-state index contributed by atoms with van der Waals surface area (Å²) in [5, 5.41) is 7.35. The van der Waals surface area contributed by atoms with Gasteiger partial charge >= 0.3 is 0 Å². The van der Waals surface area contributed by atoms with Gasteiger partial charge in [0.15, 0.2) is 0 Å². The van der Waals surface area contributed by atoms with Crippen LogP contribution in [0.4, 0.5) is 5.69 Å². The molecular weight excluding hydrogens is 454 g/mol. The highest BCUT2D eigenvalue weighted by molar-refractivity contribution is 6.33. The quantitative estimate of drug-likeness (QED) is 0.317. The third-order valence-corrected chi connectivity index (χ3v) is 5.26. The molecule has 0 unspecified atom stereocenters. The number of anilines is 1. The number of halogens is 1. The fourth-order valence-corrected chi connectivity index (χ4v) is 3.51. The molecule has 0 aliphatic carbocycles. The van der Waals surface area contributed by atoms with Gasteiger partial charge in [-0.3, -0.25) is 14.8 Å². The van der Waals surface area contributed by atoms with Crippen molar-refractivity contribution < 1.29 is 14.3 Å². The Morgan fingerprint density at radius 1 is 1.09 bits per heavy atom. The first-order valence-corrected chi connectivity index (χ1v) is 10.7. The van der Waals surface area contributed by atoms with Crippen LogP contribution in [0, 0.1) is 0 Å². The molecule has 0 spiro atoms. The lowest BCUT2D eigenvalue weighted by molar-refractivity contribution is 0.0997. The van der Waals surface area contributed by atoms with Crippen LogP contribution in [0.15, 0.2) is 79.4 Å². The van der Waals surface area contributed by atoms with Crippen molar-refractivity contribution in [2.75, 3.05) is 12.4 Å². The molecule has 0 saturated heterocycles. The summed E-state index contributed by atoms with van der Waals surface area (Å²) in [6.07, 6.45) is 3.34. The van der Waals surface area contributed by atoms with Gasteiger partial charge in [0.1, 0.15) is 17.2 Å². The summed E-state index contributed by atoms with van der Waals surface area (Å²) >= 11 is 6.47. The number of pyridine rings is 2. The molecule has 34 heavy (non-hydrogen) atoms. The van der Waals surface area contributed by atoms with Gasteiger partial charge in [-0.1, -0.05) is 24.2 Å². The lowest BCUT2D eigenvalue weighted by Crippen LogP contribution is -2.18. The molecule has 8 nitrogen and oxygen atoms in total. The van der Waals surface area contributed by atoms with Crippen molar-refractivity contribution >= 4 is 34.1 Å². The maximum Gasteiger partial charge on any atom is 0.252 e. The molecule has 0 aliphatic rings. The summed E-state index contributed by atoms with van der Waals surface area (Å²) in [5.41, 5.74) is 7.88. The average molecular weight is 476 g/mol. The molecule has 1 amide bonds. The third-order valence-electron chi connectivity index (χ3n) is 4.95. The number of ether oxygens (including phenoxy) is 2. The van der Waals surface area contributed by atoms with E-state index in [1.807, 2.05) is 18.2 Å². The number of amides is 1. The van der Waals surface area contributed by atoms with Crippen molar-refractivity contribution in [2.45, 2.75) is 6.54 Å². The van der Waals surface area contributed by atoms with Crippen molar-refractivity contribution in [2.24, 2.45) is 5.73 Å². The molecule has 0 aliphatic heterocycles. The van der Waals surface area contributed by atoms with E-state index >= 15 is 0 Å². The number of nitrogens with zero attached hydrogens (tertiary/aromatic N) is 2. The van der Waals surface area contributed by atoms with Gasteiger partial charge in [-0.25, -0.2) is 0 Å². The van der Waals surface area contributed by atoms with E-state index in [1.165, 1.54) is 7.11 Å². The Hall–Kier alpha value is -4.30. The van der Waals surface area contributed by atoms with Crippen LogP contribution in [0.2, 0.25) is 5.02 Å². The Labute approximate surface area is 201 Å². The lowest BCUT2D eigenvalue weighted by atomic mass is 10.1. The molecule has 0 fully saturated rings. The summed E-state index contributed by atoms with van der Waals surface area (Å²) in [4.78, 5) is 20.4. The lowest BCUT2D eigenvalue weighted by Gasteiger charge is -2.15. The number of rotatable bonds is 9. The van der Waals surface area contributed by atoms with Gasteiger partial charge in [-0.15, -0.1) is 0 Å². The van der Waals surface area contributed by atoms with Crippen LogP contribution in [0.1, 0.15) is 16.1 Å². The Morgan fingerprint density at radius 3 is 2.65 bits per heavy atom. The van der Waals surface area contributed by atoms with Crippen LogP contribution in [0.5, 0.6) is 17.2 Å². The number of methoxy groups -OCH3 is 1. The predicted molar refractivity (Wildman–Crippen MR) is 132 cm³/mol. The monoisotopic (exact) mass is 475 g/mol. The molecule has 2 aromatic carbocycles. The number of nitrogens with two attached hydrogens (primary N) is 1.